The van der Waals surface area contributed by atoms with Gasteiger partial charge in [-0.05, 0) is 28.5 Å². The third kappa shape index (κ3) is 3.63. The molecule has 0 bridgehead atoms. The largest absolute Gasteiger partial charge is 0.496 e. The number of methoxy groups -OCH3 is 1. The molecule has 1 amide bonds. The highest BCUT2D eigenvalue weighted by Gasteiger charge is 2.02. The Labute approximate surface area is 141 Å². The van der Waals surface area contributed by atoms with Crippen LogP contribution in [0, 0.1) is 0 Å². The molecule has 120 valence electrons. The van der Waals surface area contributed by atoms with E-state index in [1.165, 1.54) is 11.5 Å². The van der Waals surface area contributed by atoms with Gasteiger partial charge in [-0.15, -0.1) is 0 Å². The molecule has 24 heavy (non-hydrogen) atoms. The molecule has 0 saturated heterocycles. The number of hydrogen-bond acceptors (Lipinski definition) is 2. The van der Waals surface area contributed by atoms with E-state index in [0.29, 0.717) is 6.54 Å². The summed E-state index contributed by atoms with van der Waals surface area (Å²) in [5.41, 5.74) is 1.98. The van der Waals surface area contributed by atoms with Crippen molar-refractivity contribution in [3.8, 4) is 5.75 Å². The Balaban J connectivity index is 1.68. The molecule has 0 saturated carbocycles. The van der Waals surface area contributed by atoms with E-state index in [1.807, 2.05) is 48.5 Å². The Morgan fingerprint density at radius 3 is 2.62 bits per heavy atom. The molecule has 0 fully saturated rings. The standard InChI is InChI=1S/C21H19NO2/c1-24-20-12-5-3-8-17(20)13-14-21(23)22-15-18-10-6-9-16-7-2-4-11-19(16)18/h2-14H,15H2,1H3,(H,22,23)/b14-13+. The summed E-state index contributed by atoms with van der Waals surface area (Å²) in [6.07, 6.45) is 3.29. The van der Waals surface area contributed by atoms with E-state index in [9.17, 15) is 4.79 Å². The molecule has 0 unspecified atom stereocenters. The monoisotopic (exact) mass is 317 g/mol. The van der Waals surface area contributed by atoms with Crippen LogP contribution < -0.4 is 10.1 Å². The van der Waals surface area contributed by atoms with Gasteiger partial charge in [0.2, 0.25) is 5.91 Å². The highest BCUT2D eigenvalue weighted by Crippen LogP contribution is 2.19. The van der Waals surface area contributed by atoms with Crippen LogP contribution in [0.4, 0.5) is 0 Å². The van der Waals surface area contributed by atoms with Crippen LogP contribution >= 0.6 is 0 Å². The van der Waals surface area contributed by atoms with Gasteiger partial charge in [-0.2, -0.15) is 0 Å². The molecule has 0 heterocycles. The number of rotatable bonds is 5. The minimum absolute atomic E-state index is 0.131. The lowest BCUT2D eigenvalue weighted by atomic mass is 10.0. The van der Waals surface area contributed by atoms with Gasteiger partial charge >= 0.3 is 0 Å². The Morgan fingerprint density at radius 2 is 1.75 bits per heavy atom. The predicted octanol–water partition coefficient (Wildman–Crippen LogP) is 4.18. The lowest BCUT2D eigenvalue weighted by molar-refractivity contribution is -0.116. The summed E-state index contributed by atoms with van der Waals surface area (Å²) in [6, 6.07) is 21.9. The summed E-state index contributed by atoms with van der Waals surface area (Å²) in [5, 5.41) is 5.27. The van der Waals surface area contributed by atoms with Crippen molar-refractivity contribution in [3.63, 3.8) is 0 Å². The number of carbonyl (C=O) groups is 1. The molecular weight excluding hydrogens is 298 g/mol. The van der Waals surface area contributed by atoms with Crippen molar-refractivity contribution < 1.29 is 9.53 Å². The van der Waals surface area contributed by atoms with Gasteiger partial charge < -0.3 is 10.1 Å². The smallest absolute Gasteiger partial charge is 0.244 e. The van der Waals surface area contributed by atoms with Crippen molar-refractivity contribution in [1.29, 1.82) is 0 Å². The topological polar surface area (TPSA) is 38.3 Å². The maximum atomic E-state index is 12.1. The minimum Gasteiger partial charge on any atom is -0.496 e. The van der Waals surface area contributed by atoms with E-state index in [0.717, 1.165) is 22.3 Å². The number of para-hydroxylation sites is 1. The second-order valence-electron chi connectivity index (χ2n) is 5.43. The van der Waals surface area contributed by atoms with Crippen molar-refractivity contribution in [2.75, 3.05) is 7.11 Å². The van der Waals surface area contributed by atoms with Gasteiger partial charge in [0.15, 0.2) is 0 Å². The minimum atomic E-state index is -0.131. The Kier molecular flexibility index (Phi) is 4.92. The number of nitrogens with one attached hydrogen (secondary N) is 1. The third-order valence-corrected chi connectivity index (χ3v) is 3.89. The van der Waals surface area contributed by atoms with Gasteiger partial charge in [0.1, 0.15) is 5.75 Å². The quantitative estimate of drug-likeness (QED) is 0.717. The molecule has 3 heteroatoms. The van der Waals surface area contributed by atoms with E-state index >= 15 is 0 Å². The predicted molar refractivity (Wildman–Crippen MR) is 97.8 cm³/mol. The first-order valence-corrected chi connectivity index (χ1v) is 7.83. The van der Waals surface area contributed by atoms with E-state index in [4.69, 9.17) is 4.74 Å². The van der Waals surface area contributed by atoms with Crippen LogP contribution in [0.25, 0.3) is 16.8 Å². The van der Waals surface area contributed by atoms with Crippen molar-refractivity contribution in [2.24, 2.45) is 0 Å². The number of amides is 1. The van der Waals surface area contributed by atoms with Crippen molar-refractivity contribution in [2.45, 2.75) is 6.54 Å². The van der Waals surface area contributed by atoms with E-state index in [-0.39, 0.29) is 5.91 Å². The molecule has 0 aliphatic heterocycles. The Bertz CT molecular complexity index is 878. The summed E-state index contributed by atoms with van der Waals surface area (Å²) in [5.74, 6) is 0.615. The third-order valence-electron chi connectivity index (χ3n) is 3.89. The second kappa shape index (κ2) is 7.47. The second-order valence-corrected chi connectivity index (χ2v) is 5.43. The van der Waals surface area contributed by atoms with Crippen molar-refractivity contribution >= 4 is 22.8 Å². The van der Waals surface area contributed by atoms with Gasteiger partial charge in [-0.25, -0.2) is 0 Å². The van der Waals surface area contributed by atoms with Crippen LogP contribution in [-0.2, 0) is 11.3 Å². The lowest BCUT2D eigenvalue weighted by Gasteiger charge is -2.07. The average Bonchev–Trinajstić information content (AvgIpc) is 2.64. The van der Waals surface area contributed by atoms with E-state index in [1.54, 1.807) is 13.2 Å². The molecular formula is C21H19NO2. The average molecular weight is 317 g/mol. The molecule has 3 nitrogen and oxygen atoms in total. The molecule has 0 aromatic heterocycles. The van der Waals surface area contributed by atoms with E-state index < -0.39 is 0 Å². The van der Waals surface area contributed by atoms with Crippen LogP contribution in [0.1, 0.15) is 11.1 Å². The maximum Gasteiger partial charge on any atom is 0.244 e. The fraction of sp³-hybridized carbons (Fsp3) is 0.0952. The first-order chi connectivity index (χ1) is 11.8. The van der Waals surface area contributed by atoms with E-state index in [2.05, 4.69) is 23.5 Å². The van der Waals surface area contributed by atoms with Crippen LogP contribution in [-0.4, -0.2) is 13.0 Å². The zero-order valence-corrected chi connectivity index (χ0v) is 13.5. The van der Waals surface area contributed by atoms with Crippen LogP contribution in [0.5, 0.6) is 5.75 Å². The Morgan fingerprint density at radius 1 is 1.00 bits per heavy atom. The summed E-state index contributed by atoms with van der Waals surface area (Å²) < 4.78 is 5.27. The molecule has 0 aliphatic rings. The van der Waals surface area contributed by atoms with Crippen molar-refractivity contribution in [3.05, 3.63) is 83.9 Å². The summed E-state index contributed by atoms with van der Waals surface area (Å²) in [7, 11) is 1.62. The number of hydrogen-bond donors (Lipinski definition) is 1. The fourth-order valence-electron chi connectivity index (χ4n) is 2.66. The number of carbonyl (C=O) groups excluding carboxylic acids is 1. The molecule has 3 rings (SSSR count). The molecule has 1 N–H and O–H groups in total. The van der Waals surface area contributed by atoms with Crippen LogP contribution in [0.2, 0.25) is 0 Å². The van der Waals surface area contributed by atoms with Crippen LogP contribution in [0.3, 0.4) is 0 Å². The molecule has 0 atom stereocenters. The van der Waals surface area contributed by atoms with Gasteiger partial charge in [0.25, 0.3) is 0 Å². The number of fused-ring (bicyclic) bond motifs is 1. The number of ether oxygens (including phenoxy) is 1. The maximum absolute atomic E-state index is 12.1. The van der Waals surface area contributed by atoms with Gasteiger partial charge in [-0.1, -0.05) is 60.7 Å². The highest BCUT2D eigenvalue weighted by molar-refractivity contribution is 5.92. The van der Waals surface area contributed by atoms with Gasteiger partial charge in [-0.3, -0.25) is 4.79 Å². The zero-order valence-electron chi connectivity index (χ0n) is 13.5. The van der Waals surface area contributed by atoms with Gasteiger partial charge in [0.05, 0.1) is 7.11 Å². The first kappa shape index (κ1) is 15.8. The molecule has 0 radical (unpaired) electrons. The van der Waals surface area contributed by atoms with Gasteiger partial charge in [0, 0.05) is 18.2 Å². The summed E-state index contributed by atoms with van der Waals surface area (Å²) in [4.78, 5) is 12.1. The SMILES string of the molecule is COc1ccccc1/C=C/C(=O)NCc1cccc2ccccc12. The van der Waals surface area contributed by atoms with Crippen molar-refractivity contribution in [1.82, 2.24) is 5.32 Å². The molecule has 3 aromatic rings. The summed E-state index contributed by atoms with van der Waals surface area (Å²) in [6.45, 7) is 0.496. The molecule has 0 spiro atoms. The zero-order chi connectivity index (χ0) is 16.8. The molecule has 0 aliphatic carbocycles. The van der Waals surface area contributed by atoms with Crippen LogP contribution in [0.15, 0.2) is 72.8 Å². The summed E-state index contributed by atoms with van der Waals surface area (Å²) >= 11 is 0. The number of benzene rings is 3. The normalized spacial score (nSPS) is 10.9. The highest BCUT2D eigenvalue weighted by atomic mass is 16.5. The molecule has 3 aromatic carbocycles. The first-order valence-electron chi connectivity index (χ1n) is 7.83. The lowest BCUT2D eigenvalue weighted by Crippen LogP contribution is -2.20. The Hall–Kier alpha value is -3.07. The fourth-order valence-corrected chi connectivity index (χ4v) is 2.66.